The zero-order chi connectivity index (χ0) is 19.9. The van der Waals surface area contributed by atoms with Crippen LogP contribution >= 0.6 is 23.2 Å². The Balaban J connectivity index is 1.40. The van der Waals surface area contributed by atoms with E-state index in [0.717, 1.165) is 0 Å². The van der Waals surface area contributed by atoms with Crippen LogP contribution in [0.3, 0.4) is 0 Å². The molecule has 28 heavy (non-hydrogen) atoms. The molecule has 1 fully saturated rings. The first-order valence-electron chi connectivity index (χ1n) is 9.04. The zero-order valence-electron chi connectivity index (χ0n) is 15.6. The summed E-state index contributed by atoms with van der Waals surface area (Å²) in [5.41, 5.74) is 0. The van der Waals surface area contributed by atoms with E-state index in [4.69, 9.17) is 32.7 Å². The van der Waals surface area contributed by atoms with E-state index in [-0.39, 0.29) is 5.91 Å². The highest BCUT2D eigenvalue weighted by atomic mass is 35.5. The highest BCUT2D eigenvalue weighted by Crippen LogP contribution is 2.27. The van der Waals surface area contributed by atoms with Gasteiger partial charge in [0.2, 0.25) is 17.7 Å². The molecular formula is C19H22Cl2N4O3. The van der Waals surface area contributed by atoms with Crippen LogP contribution in [0.2, 0.25) is 10.0 Å². The normalized spacial score (nSPS) is 14.1. The predicted octanol–water partition coefficient (Wildman–Crippen LogP) is 3.30. The van der Waals surface area contributed by atoms with Crippen molar-refractivity contribution in [3.8, 4) is 11.6 Å². The third kappa shape index (κ3) is 5.39. The molecule has 3 rings (SSSR count). The summed E-state index contributed by atoms with van der Waals surface area (Å²) in [5.74, 6) is 1.85. The summed E-state index contributed by atoms with van der Waals surface area (Å²) < 4.78 is 10.8. The Morgan fingerprint density at radius 1 is 1.18 bits per heavy atom. The number of nitrogens with zero attached hydrogens (tertiary/aromatic N) is 4. The molecule has 0 unspecified atom stereocenters. The summed E-state index contributed by atoms with van der Waals surface area (Å²) in [7, 11) is 1.58. The largest absolute Gasteiger partial charge is 0.492 e. The van der Waals surface area contributed by atoms with Gasteiger partial charge >= 0.3 is 0 Å². The van der Waals surface area contributed by atoms with Crippen molar-refractivity contribution in [1.82, 2.24) is 14.9 Å². The maximum atomic E-state index is 12.4. The number of carbonyl (C=O) groups is 1. The molecule has 0 spiro atoms. The Hall–Kier alpha value is -2.25. The third-order valence-corrected chi connectivity index (χ3v) is 4.96. The second-order valence-corrected chi connectivity index (χ2v) is 7.14. The van der Waals surface area contributed by atoms with Crippen molar-refractivity contribution >= 4 is 35.1 Å². The van der Waals surface area contributed by atoms with Gasteiger partial charge in [0, 0.05) is 49.9 Å². The third-order valence-electron chi connectivity index (χ3n) is 4.43. The number of carbonyl (C=O) groups excluding carboxylic acids is 1. The van der Waals surface area contributed by atoms with Crippen molar-refractivity contribution in [2.24, 2.45) is 0 Å². The van der Waals surface area contributed by atoms with Crippen LogP contribution in [-0.4, -0.2) is 60.7 Å². The molecule has 1 aliphatic heterocycles. The molecule has 7 nitrogen and oxygen atoms in total. The van der Waals surface area contributed by atoms with Gasteiger partial charge in [-0.3, -0.25) is 4.79 Å². The minimum atomic E-state index is 0.122. The molecule has 0 radical (unpaired) electrons. The van der Waals surface area contributed by atoms with Gasteiger partial charge in [0.1, 0.15) is 5.75 Å². The zero-order valence-corrected chi connectivity index (χ0v) is 17.1. The van der Waals surface area contributed by atoms with Crippen LogP contribution in [0, 0.1) is 0 Å². The average Bonchev–Trinajstić information content (AvgIpc) is 2.72. The van der Waals surface area contributed by atoms with Gasteiger partial charge in [-0.15, -0.1) is 0 Å². The van der Waals surface area contributed by atoms with Crippen molar-refractivity contribution in [3.05, 3.63) is 40.5 Å². The highest BCUT2D eigenvalue weighted by molar-refractivity contribution is 6.35. The monoisotopic (exact) mass is 424 g/mol. The molecule has 0 saturated carbocycles. The van der Waals surface area contributed by atoms with Crippen molar-refractivity contribution < 1.29 is 14.3 Å². The molecule has 0 atom stereocenters. The smallest absolute Gasteiger partial charge is 0.228 e. The predicted molar refractivity (Wildman–Crippen MR) is 109 cm³/mol. The van der Waals surface area contributed by atoms with E-state index in [1.807, 2.05) is 4.90 Å². The van der Waals surface area contributed by atoms with Gasteiger partial charge in [-0.1, -0.05) is 23.2 Å². The van der Waals surface area contributed by atoms with E-state index in [0.29, 0.717) is 73.3 Å². The fourth-order valence-corrected chi connectivity index (χ4v) is 3.37. The Labute approximate surface area is 174 Å². The molecule has 0 aliphatic carbocycles. The number of amides is 1. The molecule has 1 aromatic heterocycles. The molecular weight excluding hydrogens is 403 g/mol. The van der Waals surface area contributed by atoms with Crippen molar-refractivity contribution in [2.45, 2.75) is 12.8 Å². The number of hydrogen-bond donors (Lipinski definition) is 0. The summed E-state index contributed by atoms with van der Waals surface area (Å²) in [4.78, 5) is 25.0. The molecule has 2 aromatic rings. The number of ether oxygens (including phenoxy) is 2. The van der Waals surface area contributed by atoms with E-state index in [1.165, 1.54) is 0 Å². The Kier molecular flexibility index (Phi) is 7.17. The SMILES string of the molecule is COc1ccnc(N2CCN(C(=O)CCCOc3ccc(Cl)cc3Cl)CC2)n1. The summed E-state index contributed by atoms with van der Waals surface area (Å²) in [6.07, 6.45) is 2.73. The van der Waals surface area contributed by atoms with E-state index in [9.17, 15) is 4.79 Å². The Morgan fingerprint density at radius 2 is 1.96 bits per heavy atom. The molecule has 1 amide bonds. The topological polar surface area (TPSA) is 67.8 Å². The molecule has 2 heterocycles. The second kappa shape index (κ2) is 9.80. The number of hydrogen-bond acceptors (Lipinski definition) is 6. The van der Waals surface area contributed by atoms with Crippen molar-refractivity contribution in [1.29, 1.82) is 0 Å². The molecule has 1 saturated heterocycles. The van der Waals surface area contributed by atoms with Crippen LogP contribution in [0.4, 0.5) is 5.95 Å². The average molecular weight is 425 g/mol. The lowest BCUT2D eigenvalue weighted by Crippen LogP contribution is -2.49. The lowest BCUT2D eigenvalue weighted by atomic mass is 10.2. The van der Waals surface area contributed by atoms with Gasteiger partial charge in [0.15, 0.2) is 0 Å². The number of benzene rings is 1. The van der Waals surface area contributed by atoms with Crippen LogP contribution < -0.4 is 14.4 Å². The van der Waals surface area contributed by atoms with Crippen LogP contribution in [-0.2, 0) is 4.79 Å². The van der Waals surface area contributed by atoms with Crippen LogP contribution in [0.5, 0.6) is 11.6 Å². The van der Waals surface area contributed by atoms with Gasteiger partial charge < -0.3 is 19.3 Å². The summed E-state index contributed by atoms with van der Waals surface area (Å²) in [6, 6.07) is 6.80. The van der Waals surface area contributed by atoms with Crippen molar-refractivity contribution in [3.63, 3.8) is 0 Å². The number of halogens is 2. The maximum Gasteiger partial charge on any atom is 0.228 e. The lowest BCUT2D eigenvalue weighted by molar-refractivity contribution is -0.131. The lowest BCUT2D eigenvalue weighted by Gasteiger charge is -2.34. The van der Waals surface area contributed by atoms with E-state index < -0.39 is 0 Å². The number of rotatable bonds is 7. The Morgan fingerprint density at radius 3 is 2.68 bits per heavy atom. The first-order chi connectivity index (χ1) is 13.6. The van der Waals surface area contributed by atoms with Gasteiger partial charge in [0.05, 0.1) is 18.7 Å². The first-order valence-corrected chi connectivity index (χ1v) is 9.80. The first kappa shape index (κ1) is 20.5. The van der Waals surface area contributed by atoms with E-state index >= 15 is 0 Å². The fourth-order valence-electron chi connectivity index (χ4n) is 2.91. The van der Waals surface area contributed by atoms with Gasteiger partial charge in [-0.25, -0.2) is 4.98 Å². The van der Waals surface area contributed by atoms with E-state index in [2.05, 4.69) is 14.9 Å². The van der Waals surface area contributed by atoms with Crippen LogP contribution in [0.1, 0.15) is 12.8 Å². The molecule has 1 aromatic carbocycles. The van der Waals surface area contributed by atoms with Crippen molar-refractivity contribution in [2.75, 3.05) is 44.8 Å². The maximum absolute atomic E-state index is 12.4. The number of anilines is 1. The van der Waals surface area contributed by atoms with Gasteiger partial charge in [0.25, 0.3) is 0 Å². The number of aromatic nitrogens is 2. The number of piperazine rings is 1. The van der Waals surface area contributed by atoms with Gasteiger partial charge in [-0.2, -0.15) is 4.98 Å². The quantitative estimate of drug-likeness (QED) is 0.635. The Bertz CT molecular complexity index is 814. The number of methoxy groups -OCH3 is 1. The highest BCUT2D eigenvalue weighted by Gasteiger charge is 2.22. The fraction of sp³-hybridized carbons (Fsp3) is 0.421. The summed E-state index contributed by atoms with van der Waals surface area (Å²) >= 11 is 11.9. The second-order valence-electron chi connectivity index (χ2n) is 6.29. The molecule has 0 bridgehead atoms. The standard InChI is InChI=1S/C19H22Cl2N4O3/c1-27-17-6-7-22-19(23-17)25-10-8-24(9-11-25)18(26)3-2-12-28-16-5-4-14(20)13-15(16)21/h4-7,13H,2-3,8-12H2,1H3. The molecule has 150 valence electrons. The molecule has 1 aliphatic rings. The van der Waals surface area contributed by atoms with Crippen LogP contribution in [0.25, 0.3) is 0 Å². The van der Waals surface area contributed by atoms with E-state index in [1.54, 1.807) is 37.6 Å². The minimum absolute atomic E-state index is 0.122. The summed E-state index contributed by atoms with van der Waals surface area (Å²) in [6.45, 7) is 3.09. The van der Waals surface area contributed by atoms with Gasteiger partial charge in [-0.05, 0) is 24.6 Å². The minimum Gasteiger partial charge on any atom is -0.492 e. The summed E-state index contributed by atoms with van der Waals surface area (Å²) in [5, 5.41) is 1.03. The molecule has 0 N–H and O–H groups in total. The van der Waals surface area contributed by atoms with Crippen LogP contribution in [0.15, 0.2) is 30.5 Å². The molecule has 9 heteroatoms.